The van der Waals surface area contributed by atoms with Gasteiger partial charge in [0.1, 0.15) is 0 Å². The number of fused-ring (bicyclic) bond motifs is 2. The van der Waals surface area contributed by atoms with E-state index in [1.165, 1.54) is 11.1 Å². The summed E-state index contributed by atoms with van der Waals surface area (Å²) in [5, 5.41) is 10.4. The molecule has 2 aliphatic rings. The second kappa shape index (κ2) is 8.88. The van der Waals surface area contributed by atoms with Gasteiger partial charge in [0, 0.05) is 55.6 Å². The van der Waals surface area contributed by atoms with Crippen molar-refractivity contribution in [3.8, 4) is 0 Å². The molecule has 1 amide bonds. The Morgan fingerprint density at radius 2 is 1.97 bits per heavy atom. The lowest BCUT2D eigenvalue weighted by molar-refractivity contribution is -0.132. The van der Waals surface area contributed by atoms with E-state index in [-0.39, 0.29) is 5.91 Å². The molecule has 5 rings (SSSR count). The van der Waals surface area contributed by atoms with Crippen molar-refractivity contribution in [1.29, 1.82) is 0 Å². The molecule has 2 aromatic heterocycles. The fourth-order valence-corrected chi connectivity index (χ4v) is 4.62. The van der Waals surface area contributed by atoms with Crippen molar-refractivity contribution in [2.45, 2.75) is 57.5 Å². The lowest BCUT2D eigenvalue weighted by atomic mass is 10.1. The Kier molecular flexibility index (Phi) is 5.65. The van der Waals surface area contributed by atoms with Crippen LogP contribution >= 0.6 is 0 Å². The Morgan fingerprint density at radius 1 is 1.13 bits per heavy atom. The topological polar surface area (TPSA) is 86.8 Å². The highest BCUT2D eigenvalue weighted by Crippen LogP contribution is 2.24. The van der Waals surface area contributed by atoms with Gasteiger partial charge in [-0.05, 0) is 49.3 Å². The number of unbranched alkanes of at least 4 members (excludes halogenated alkanes) is 1. The first-order valence-electron chi connectivity index (χ1n) is 11.2. The number of aromatic amines is 1. The molecular weight excluding hydrogens is 388 g/mol. The van der Waals surface area contributed by atoms with Crippen LogP contribution in [0.1, 0.15) is 47.3 Å². The molecule has 0 saturated heterocycles. The van der Waals surface area contributed by atoms with Crippen molar-refractivity contribution >= 4 is 11.9 Å². The third-order valence-electron chi connectivity index (χ3n) is 6.32. The molecule has 0 radical (unpaired) electrons. The van der Waals surface area contributed by atoms with Gasteiger partial charge < -0.3 is 10.2 Å². The maximum Gasteiger partial charge on any atom is 0.223 e. The maximum absolute atomic E-state index is 12.6. The predicted molar refractivity (Wildman–Crippen MR) is 119 cm³/mol. The van der Waals surface area contributed by atoms with E-state index in [1.54, 1.807) is 6.20 Å². The van der Waals surface area contributed by atoms with Gasteiger partial charge in [-0.25, -0.2) is 9.97 Å². The van der Waals surface area contributed by atoms with Crippen LogP contribution in [0.3, 0.4) is 0 Å². The number of nitrogens with zero attached hydrogens (tertiary/aromatic N) is 4. The average Bonchev–Trinajstić information content (AvgIpc) is 3.45. The molecule has 0 unspecified atom stereocenters. The number of rotatable bonds is 7. The molecule has 1 aliphatic carbocycles. The third-order valence-corrected chi connectivity index (χ3v) is 6.32. The number of carbonyl (C=O) groups excluding carboxylic acids is 1. The summed E-state index contributed by atoms with van der Waals surface area (Å²) in [6.07, 6.45) is 9.88. The maximum atomic E-state index is 12.6. The van der Waals surface area contributed by atoms with Crippen LogP contribution < -0.4 is 5.32 Å². The number of benzene rings is 1. The first-order valence-corrected chi connectivity index (χ1v) is 11.2. The van der Waals surface area contributed by atoms with Crippen molar-refractivity contribution in [2.75, 3.05) is 11.9 Å². The zero-order chi connectivity index (χ0) is 21.0. The molecule has 1 aliphatic heterocycles. The minimum atomic E-state index is 0.223. The van der Waals surface area contributed by atoms with Crippen LogP contribution in [0, 0.1) is 0 Å². The first-order chi connectivity index (χ1) is 15.2. The van der Waals surface area contributed by atoms with E-state index in [4.69, 9.17) is 4.98 Å². The molecule has 0 atom stereocenters. The van der Waals surface area contributed by atoms with Crippen LogP contribution in [0.2, 0.25) is 0 Å². The van der Waals surface area contributed by atoms with Crippen molar-refractivity contribution < 1.29 is 4.79 Å². The van der Waals surface area contributed by atoms with E-state index in [0.29, 0.717) is 25.0 Å². The summed E-state index contributed by atoms with van der Waals surface area (Å²) in [5.74, 6) is 0.927. The van der Waals surface area contributed by atoms with E-state index < -0.39 is 0 Å². The van der Waals surface area contributed by atoms with Crippen molar-refractivity contribution in [3.05, 3.63) is 70.8 Å². The van der Waals surface area contributed by atoms with Crippen molar-refractivity contribution in [1.82, 2.24) is 25.1 Å². The highest BCUT2D eigenvalue weighted by Gasteiger charge is 2.24. The summed E-state index contributed by atoms with van der Waals surface area (Å²) >= 11 is 0. The van der Waals surface area contributed by atoms with E-state index in [9.17, 15) is 4.79 Å². The van der Waals surface area contributed by atoms with Gasteiger partial charge in [0.25, 0.3) is 0 Å². The quantitative estimate of drug-likeness (QED) is 0.578. The van der Waals surface area contributed by atoms with E-state index >= 15 is 0 Å². The highest BCUT2D eigenvalue weighted by molar-refractivity contribution is 5.76. The molecule has 7 nitrogen and oxygen atoms in total. The Hall–Kier alpha value is -3.22. The summed E-state index contributed by atoms with van der Waals surface area (Å²) in [5.41, 5.74) is 6.09. The number of anilines is 1. The molecular formula is C24H28N6O. The standard InChI is InChI=1S/C24H28N6O/c31-23(8-4-3-7-20-9-11-26-29-20)30-12-10-22-19(16-30)15-25-24(28-22)27-21-13-17-5-1-2-6-18(17)14-21/h1-2,5-6,9,11,15,21H,3-4,7-8,10,12-14,16H2,(H,26,29)(H,25,27,28). The second-order valence-corrected chi connectivity index (χ2v) is 8.54. The number of aromatic nitrogens is 4. The average molecular weight is 417 g/mol. The Balaban J connectivity index is 1.12. The number of hydrogen-bond acceptors (Lipinski definition) is 5. The van der Waals surface area contributed by atoms with Gasteiger partial charge in [-0.15, -0.1) is 0 Å². The number of carbonyl (C=O) groups is 1. The van der Waals surface area contributed by atoms with Gasteiger partial charge in [0.15, 0.2) is 0 Å². The van der Waals surface area contributed by atoms with Crippen LogP contribution in [0.5, 0.6) is 0 Å². The lowest BCUT2D eigenvalue weighted by Crippen LogP contribution is -2.36. The highest BCUT2D eigenvalue weighted by atomic mass is 16.2. The molecule has 7 heteroatoms. The number of H-pyrrole nitrogens is 1. The number of amides is 1. The molecule has 2 N–H and O–H groups in total. The summed E-state index contributed by atoms with van der Waals surface area (Å²) in [6, 6.07) is 10.9. The number of nitrogens with one attached hydrogen (secondary N) is 2. The number of aryl methyl sites for hydroxylation is 1. The molecule has 3 aromatic rings. The van der Waals surface area contributed by atoms with Crippen LogP contribution in [0.4, 0.5) is 5.95 Å². The van der Waals surface area contributed by atoms with E-state index in [1.807, 2.05) is 17.2 Å². The Morgan fingerprint density at radius 3 is 2.74 bits per heavy atom. The van der Waals surface area contributed by atoms with Gasteiger partial charge in [-0.2, -0.15) is 5.10 Å². The molecule has 31 heavy (non-hydrogen) atoms. The Labute approximate surface area is 182 Å². The van der Waals surface area contributed by atoms with Crippen LogP contribution in [-0.2, 0) is 37.0 Å². The Bertz CT molecular complexity index is 1020. The first kappa shape index (κ1) is 19.7. The third kappa shape index (κ3) is 4.60. The molecule has 0 saturated carbocycles. The largest absolute Gasteiger partial charge is 0.351 e. The zero-order valence-corrected chi connectivity index (χ0v) is 17.7. The minimum absolute atomic E-state index is 0.223. The normalized spacial score (nSPS) is 15.5. The fourth-order valence-electron chi connectivity index (χ4n) is 4.62. The van der Waals surface area contributed by atoms with Crippen molar-refractivity contribution in [3.63, 3.8) is 0 Å². The molecule has 1 aromatic carbocycles. The summed E-state index contributed by atoms with van der Waals surface area (Å²) in [7, 11) is 0. The SMILES string of the molecule is O=C(CCCCc1ccn[nH]1)N1CCc2nc(NC3Cc4ccccc4C3)ncc2C1. The summed E-state index contributed by atoms with van der Waals surface area (Å²) in [4.78, 5) is 23.9. The van der Waals surface area contributed by atoms with Gasteiger partial charge in [-0.3, -0.25) is 9.89 Å². The van der Waals surface area contributed by atoms with E-state index in [0.717, 1.165) is 62.0 Å². The van der Waals surface area contributed by atoms with E-state index in [2.05, 4.69) is 44.8 Å². The van der Waals surface area contributed by atoms with Crippen molar-refractivity contribution in [2.24, 2.45) is 0 Å². The van der Waals surface area contributed by atoms with Gasteiger partial charge in [0.05, 0.1) is 5.69 Å². The second-order valence-electron chi connectivity index (χ2n) is 8.54. The minimum Gasteiger partial charge on any atom is -0.351 e. The smallest absolute Gasteiger partial charge is 0.223 e. The molecule has 0 fully saturated rings. The lowest BCUT2D eigenvalue weighted by Gasteiger charge is -2.28. The summed E-state index contributed by atoms with van der Waals surface area (Å²) in [6.45, 7) is 1.35. The zero-order valence-electron chi connectivity index (χ0n) is 17.7. The molecule has 0 spiro atoms. The van der Waals surface area contributed by atoms with Crippen LogP contribution in [-0.4, -0.2) is 43.6 Å². The molecule has 0 bridgehead atoms. The monoisotopic (exact) mass is 416 g/mol. The molecule has 3 heterocycles. The van der Waals surface area contributed by atoms with Gasteiger partial charge in [-0.1, -0.05) is 24.3 Å². The van der Waals surface area contributed by atoms with Crippen LogP contribution in [0.15, 0.2) is 42.7 Å². The predicted octanol–water partition coefficient (Wildman–Crippen LogP) is 3.08. The fraction of sp³-hybridized carbons (Fsp3) is 0.417. The molecule has 160 valence electrons. The van der Waals surface area contributed by atoms with Gasteiger partial charge in [0.2, 0.25) is 11.9 Å². The van der Waals surface area contributed by atoms with Crippen LogP contribution in [0.25, 0.3) is 0 Å². The van der Waals surface area contributed by atoms with Gasteiger partial charge >= 0.3 is 0 Å². The summed E-state index contributed by atoms with van der Waals surface area (Å²) < 4.78 is 0. The number of hydrogen-bond donors (Lipinski definition) is 2.